The zero-order valence-corrected chi connectivity index (χ0v) is 11.3. The molecule has 108 valence electrons. The van der Waals surface area contributed by atoms with Crippen molar-refractivity contribution in [2.75, 3.05) is 5.32 Å². The molecule has 0 aliphatic heterocycles. The first kappa shape index (κ1) is 14.3. The number of halogens is 1. The average molecular weight is 279 g/mol. The second-order valence-corrected chi connectivity index (χ2v) is 5.40. The standard InChI is InChI=1S/C14H18FN3O2/c1-14(6-2-3-7-14)13(19)17-9-4-5-11(15)10(8-9)12(16)18-20/h4-5,8,20H,2-3,6-7H2,1H3,(H2,16,18)(H,17,19). The molecule has 1 aliphatic carbocycles. The van der Waals surface area contributed by atoms with Gasteiger partial charge in [0.2, 0.25) is 5.91 Å². The van der Waals surface area contributed by atoms with Gasteiger partial charge >= 0.3 is 0 Å². The second kappa shape index (κ2) is 5.48. The average Bonchev–Trinajstić information content (AvgIpc) is 2.88. The van der Waals surface area contributed by atoms with E-state index in [9.17, 15) is 9.18 Å². The topological polar surface area (TPSA) is 87.7 Å². The summed E-state index contributed by atoms with van der Waals surface area (Å²) in [6.07, 6.45) is 3.80. The van der Waals surface area contributed by atoms with Crippen molar-refractivity contribution in [2.45, 2.75) is 32.6 Å². The van der Waals surface area contributed by atoms with Gasteiger partial charge in [-0.3, -0.25) is 4.79 Å². The lowest BCUT2D eigenvalue weighted by Crippen LogP contribution is -2.31. The van der Waals surface area contributed by atoms with Gasteiger partial charge in [0.1, 0.15) is 5.82 Å². The van der Waals surface area contributed by atoms with Crippen molar-refractivity contribution >= 4 is 17.4 Å². The molecule has 20 heavy (non-hydrogen) atoms. The first-order valence-electron chi connectivity index (χ1n) is 6.55. The van der Waals surface area contributed by atoms with E-state index in [2.05, 4.69) is 10.5 Å². The minimum Gasteiger partial charge on any atom is -0.409 e. The van der Waals surface area contributed by atoms with Crippen molar-refractivity contribution in [3.63, 3.8) is 0 Å². The molecule has 2 rings (SSSR count). The third-order valence-corrected chi connectivity index (χ3v) is 3.86. The van der Waals surface area contributed by atoms with E-state index in [4.69, 9.17) is 10.9 Å². The minimum absolute atomic E-state index is 0.0399. The molecule has 5 nitrogen and oxygen atoms in total. The third kappa shape index (κ3) is 2.74. The van der Waals surface area contributed by atoms with E-state index in [0.29, 0.717) is 5.69 Å². The van der Waals surface area contributed by atoms with E-state index >= 15 is 0 Å². The first-order chi connectivity index (χ1) is 9.46. The Kier molecular flexibility index (Phi) is 3.92. The van der Waals surface area contributed by atoms with Crippen LogP contribution in [0.2, 0.25) is 0 Å². The summed E-state index contributed by atoms with van der Waals surface area (Å²) in [5.41, 5.74) is 5.42. The van der Waals surface area contributed by atoms with Crippen molar-refractivity contribution < 1.29 is 14.4 Å². The number of amides is 1. The molecular formula is C14H18FN3O2. The number of carbonyl (C=O) groups is 1. The molecule has 0 atom stereocenters. The lowest BCUT2D eigenvalue weighted by atomic mass is 9.88. The highest BCUT2D eigenvalue weighted by Crippen LogP contribution is 2.38. The lowest BCUT2D eigenvalue weighted by molar-refractivity contribution is -0.124. The summed E-state index contributed by atoms with van der Waals surface area (Å²) < 4.78 is 13.5. The lowest BCUT2D eigenvalue weighted by Gasteiger charge is -2.22. The molecule has 0 saturated heterocycles. The van der Waals surface area contributed by atoms with Gasteiger partial charge in [0.25, 0.3) is 0 Å². The van der Waals surface area contributed by atoms with E-state index in [1.54, 1.807) is 0 Å². The molecule has 0 unspecified atom stereocenters. The summed E-state index contributed by atoms with van der Waals surface area (Å²) in [4.78, 5) is 12.3. The summed E-state index contributed by atoms with van der Waals surface area (Å²) >= 11 is 0. The number of nitrogens with one attached hydrogen (secondary N) is 1. The van der Waals surface area contributed by atoms with Crippen LogP contribution in [0.3, 0.4) is 0 Å². The Labute approximate surface area is 116 Å². The van der Waals surface area contributed by atoms with Crippen LogP contribution in [0.25, 0.3) is 0 Å². The maximum absolute atomic E-state index is 13.5. The van der Waals surface area contributed by atoms with Crippen LogP contribution in [-0.4, -0.2) is 17.0 Å². The predicted octanol–water partition coefficient (Wildman–Crippen LogP) is 2.44. The van der Waals surface area contributed by atoms with Gasteiger partial charge in [0, 0.05) is 11.1 Å². The summed E-state index contributed by atoms with van der Waals surface area (Å²) in [5.74, 6) is -1.01. The highest BCUT2D eigenvalue weighted by Gasteiger charge is 2.36. The molecule has 0 bridgehead atoms. The Morgan fingerprint density at radius 2 is 2.10 bits per heavy atom. The van der Waals surface area contributed by atoms with Crippen molar-refractivity contribution in [2.24, 2.45) is 16.3 Å². The van der Waals surface area contributed by atoms with Gasteiger partial charge in [0.15, 0.2) is 5.84 Å². The number of anilines is 1. The van der Waals surface area contributed by atoms with E-state index in [0.717, 1.165) is 25.7 Å². The monoisotopic (exact) mass is 279 g/mol. The van der Waals surface area contributed by atoms with Crippen LogP contribution < -0.4 is 11.1 Å². The van der Waals surface area contributed by atoms with Gasteiger partial charge in [-0.15, -0.1) is 0 Å². The van der Waals surface area contributed by atoms with Crippen LogP contribution in [0.1, 0.15) is 38.2 Å². The summed E-state index contributed by atoms with van der Waals surface area (Å²) in [7, 11) is 0. The predicted molar refractivity (Wildman–Crippen MR) is 74.1 cm³/mol. The molecule has 1 saturated carbocycles. The summed E-state index contributed by atoms with van der Waals surface area (Å²) in [5, 5.41) is 14.2. The highest BCUT2D eigenvalue weighted by atomic mass is 19.1. The zero-order valence-electron chi connectivity index (χ0n) is 11.3. The Morgan fingerprint density at radius 3 is 2.70 bits per heavy atom. The number of nitrogens with zero attached hydrogens (tertiary/aromatic N) is 1. The molecule has 1 aromatic rings. The summed E-state index contributed by atoms with van der Waals surface area (Å²) in [6.45, 7) is 1.93. The van der Waals surface area contributed by atoms with Crippen molar-refractivity contribution in [1.82, 2.24) is 0 Å². The fourth-order valence-corrected chi connectivity index (χ4v) is 2.52. The van der Waals surface area contributed by atoms with Crippen molar-refractivity contribution in [3.8, 4) is 0 Å². The largest absolute Gasteiger partial charge is 0.409 e. The second-order valence-electron chi connectivity index (χ2n) is 5.40. The van der Waals surface area contributed by atoms with Crippen molar-refractivity contribution in [3.05, 3.63) is 29.6 Å². The van der Waals surface area contributed by atoms with Gasteiger partial charge in [-0.2, -0.15) is 0 Å². The smallest absolute Gasteiger partial charge is 0.230 e. The number of carbonyl (C=O) groups excluding carboxylic acids is 1. The normalized spacial score (nSPS) is 18.0. The molecule has 1 aromatic carbocycles. The Hall–Kier alpha value is -2.11. The maximum atomic E-state index is 13.5. The minimum atomic E-state index is -0.606. The fraction of sp³-hybridized carbons (Fsp3) is 0.429. The van der Waals surface area contributed by atoms with E-state index in [1.807, 2.05) is 6.92 Å². The van der Waals surface area contributed by atoms with Crippen LogP contribution in [0.4, 0.5) is 10.1 Å². The van der Waals surface area contributed by atoms with Crippen molar-refractivity contribution in [1.29, 1.82) is 0 Å². The number of nitrogens with two attached hydrogens (primary N) is 1. The number of rotatable bonds is 3. The number of hydrogen-bond acceptors (Lipinski definition) is 3. The summed E-state index contributed by atoms with van der Waals surface area (Å²) in [6, 6.07) is 4.00. The first-order valence-corrected chi connectivity index (χ1v) is 6.55. The van der Waals surface area contributed by atoms with Crippen LogP contribution in [0.15, 0.2) is 23.4 Å². The highest BCUT2D eigenvalue weighted by molar-refractivity contribution is 6.00. The Balaban J connectivity index is 2.20. The van der Waals surface area contributed by atoms with Crippen LogP contribution in [0, 0.1) is 11.2 Å². The van der Waals surface area contributed by atoms with E-state index < -0.39 is 5.82 Å². The van der Waals surface area contributed by atoms with Gasteiger partial charge in [-0.05, 0) is 31.0 Å². The zero-order chi connectivity index (χ0) is 14.8. The van der Waals surface area contributed by atoms with Gasteiger partial charge in [-0.25, -0.2) is 4.39 Å². The van der Waals surface area contributed by atoms with Crippen LogP contribution in [-0.2, 0) is 4.79 Å². The molecule has 1 aliphatic rings. The number of amidine groups is 1. The molecule has 4 N–H and O–H groups in total. The maximum Gasteiger partial charge on any atom is 0.230 e. The number of benzene rings is 1. The molecule has 6 heteroatoms. The number of oxime groups is 1. The van der Waals surface area contributed by atoms with Gasteiger partial charge in [-0.1, -0.05) is 24.9 Å². The molecule has 0 radical (unpaired) electrons. The third-order valence-electron chi connectivity index (χ3n) is 3.86. The molecule has 0 spiro atoms. The SMILES string of the molecule is CC1(C(=O)Nc2ccc(F)c(/C(N)=N/O)c2)CCCC1. The van der Waals surface area contributed by atoms with Gasteiger partial charge < -0.3 is 16.3 Å². The fourth-order valence-electron chi connectivity index (χ4n) is 2.52. The van der Waals surface area contributed by atoms with Gasteiger partial charge in [0.05, 0.1) is 5.56 Å². The Morgan fingerprint density at radius 1 is 1.45 bits per heavy atom. The molecule has 1 fully saturated rings. The van der Waals surface area contributed by atoms with E-state index in [-0.39, 0.29) is 22.7 Å². The number of hydrogen-bond donors (Lipinski definition) is 3. The van der Waals surface area contributed by atoms with Crippen LogP contribution >= 0.6 is 0 Å². The molecular weight excluding hydrogens is 261 g/mol. The molecule has 1 amide bonds. The molecule has 0 heterocycles. The van der Waals surface area contributed by atoms with E-state index in [1.165, 1.54) is 18.2 Å². The molecule has 0 aromatic heterocycles. The van der Waals surface area contributed by atoms with Crippen LogP contribution in [0.5, 0.6) is 0 Å². The quantitative estimate of drug-likeness (QED) is 0.344. The Bertz CT molecular complexity index is 551.